The average Bonchev–Trinajstić information content (AvgIpc) is 3.03. The second kappa shape index (κ2) is 15.2. The van der Waals surface area contributed by atoms with Crippen LogP contribution in [0.5, 0.6) is 5.75 Å². The van der Waals surface area contributed by atoms with E-state index in [4.69, 9.17) is 27.9 Å². The fourth-order valence-corrected chi connectivity index (χ4v) is 6.59. The van der Waals surface area contributed by atoms with E-state index < -0.39 is 45.8 Å². The van der Waals surface area contributed by atoms with Gasteiger partial charge in [-0.15, -0.1) is 0 Å². The predicted molar refractivity (Wildman–Crippen MR) is 183 cm³/mol. The highest BCUT2D eigenvalue weighted by Gasteiger charge is 2.35. The monoisotopic (exact) mass is 699 g/mol. The van der Waals surface area contributed by atoms with E-state index >= 15 is 0 Å². The fourth-order valence-electron chi connectivity index (χ4n) is 4.85. The molecule has 0 spiro atoms. The first-order chi connectivity index (χ1) is 22.2. The number of ether oxygens (including phenoxy) is 1. The molecule has 12 heteroatoms. The summed E-state index contributed by atoms with van der Waals surface area (Å²) in [7, 11) is -2.92. The SMILES string of the molecule is COc1ccc(S(=O)(=O)N(CC(=O)N(Cc2ccc(Cl)c(Cl)c2)[C@@H](Cc2ccccc2)C(=O)NC(C)(C)C)c2ccc(F)cc2)cc1. The summed E-state index contributed by atoms with van der Waals surface area (Å²) in [5.41, 5.74) is 0.779. The van der Waals surface area contributed by atoms with Crippen molar-refractivity contribution in [2.75, 3.05) is 18.0 Å². The van der Waals surface area contributed by atoms with Crippen molar-refractivity contribution in [3.63, 3.8) is 0 Å². The number of carbonyl (C=O) groups is 2. The summed E-state index contributed by atoms with van der Waals surface area (Å²) in [4.78, 5) is 29.7. The summed E-state index contributed by atoms with van der Waals surface area (Å²) in [6, 6.07) is 23.5. The van der Waals surface area contributed by atoms with Crippen LogP contribution < -0.4 is 14.4 Å². The highest BCUT2D eigenvalue weighted by molar-refractivity contribution is 7.92. The number of sulfonamides is 1. The van der Waals surface area contributed by atoms with Gasteiger partial charge in [0.15, 0.2) is 0 Å². The number of amides is 2. The molecule has 0 saturated heterocycles. The van der Waals surface area contributed by atoms with E-state index in [1.54, 1.807) is 18.2 Å². The van der Waals surface area contributed by atoms with Gasteiger partial charge in [-0.1, -0.05) is 59.6 Å². The molecule has 4 aromatic carbocycles. The highest BCUT2D eigenvalue weighted by Crippen LogP contribution is 2.28. The van der Waals surface area contributed by atoms with E-state index in [2.05, 4.69) is 5.32 Å². The lowest BCUT2D eigenvalue weighted by molar-refractivity contribution is -0.140. The van der Waals surface area contributed by atoms with Crippen molar-refractivity contribution in [2.24, 2.45) is 0 Å². The fraction of sp³-hybridized carbons (Fsp3) is 0.257. The number of anilines is 1. The molecule has 4 aromatic rings. The molecule has 0 heterocycles. The summed E-state index contributed by atoms with van der Waals surface area (Å²) in [6.45, 7) is 4.69. The summed E-state index contributed by atoms with van der Waals surface area (Å²) in [5, 5.41) is 3.54. The van der Waals surface area contributed by atoms with Gasteiger partial charge in [0.05, 0.1) is 27.7 Å². The molecule has 2 amide bonds. The quantitative estimate of drug-likeness (QED) is 0.174. The molecule has 0 radical (unpaired) electrons. The molecular weight excluding hydrogens is 664 g/mol. The topological polar surface area (TPSA) is 96.0 Å². The summed E-state index contributed by atoms with van der Waals surface area (Å²) < 4.78 is 48.3. The Morgan fingerprint density at radius 1 is 0.872 bits per heavy atom. The number of carbonyl (C=O) groups excluding carboxylic acids is 2. The molecule has 0 aliphatic heterocycles. The van der Waals surface area contributed by atoms with Crippen molar-refractivity contribution < 1.29 is 27.1 Å². The Balaban J connectivity index is 1.83. The number of nitrogens with zero attached hydrogens (tertiary/aromatic N) is 2. The minimum atomic E-state index is -4.37. The van der Waals surface area contributed by atoms with E-state index in [9.17, 15) is 22.4 Å². The van der Waals surface area contributed by atoms with Gasteiger partial charge in [-0.05, 0) is 92.6 Å². The van der Waals surface area contributed by atoms with Crippen molar-refractivity contribution in [3.8, 4) is 5.75 Å². The van der Waals surface area contributed by atoms with Gasteiger partial charge in [-0.25, -0.2) is 12.8 Å². The molecule has 4 rings (SSSR count). The zero-order valence-electron chi connectivity index (χ0n) is 26.4. The molecule has 1 atom stereocenters. The zero-order chi connectivity index (χ0) is 34.4. The Kier molecular flexibility index (Phi) is 11.5. The number of hydrogen-bond donors (Lipinski definition) is 1. The van der Waals surface area contributed by atoms with Gasteiger partial charge in [0.25, 0.3) is 10.0 Å². The van der Waals surface area contributed by atoms with Gasteiger partial charge in [-0.2, -0.15) is 0 Å². The molecule has 0 unspecified atom stereocenters. The maximum absolute atomic E-state index is 14.5. The normalized spacial score (nSPS) is 12.2. The molecule has 0 saturated carbocycles. The first kappa shape index (κ1) is 35.7. The summed E-state index contributed by atoms with van der Waals surface area (Å²) in [6.07, 6.45) is 0.137. The largest absolute Gasteiger partial charge is 0.497 e. The number of nitrogens with one attached hydrogen (secondary N) is 1. The van der Waals surface area contributed by atoms with Crippen LogP contribution in [0, 0.1) is 5.82 Å². The second-order valence-corrected chi connectivity index (χ2v) is 14.6. The maximum atomic E-state index is 14.5. The number of rotatable bonds is 12. The summed E-state index contributed by atoms with van der Waals surface area (Å²) in [5.74, 6) is -1.25. The minimum Gasteiger partial charge on any atom is -0.497 e. The van der Waals surface area contributed by atoms with Crippen molar-refractivity contribution in [2.45, 2.75) is 50.2 Å². The molecule has 0 aliphatic rings. The van der Waals surface area contributed by atoms with Gasteiger partial charge in [0.1, 0.15) is 24.2 Å². The lowest BCUT2D eigenvalue weighted by Gasteiger charge is -2.35. The number of methoxy groups -OCH3 is 1. The molecular formula is C35H36Cl2FN3O5S. The lowest BCUT2D eigenvalue weighted by Crippen LogP contribution is -2.56. The van der Waals surface area contributed by atoms with Crippen LogP contribution in [-0.4, -0.2) is 50.4 Å². The van der Waals surface area contributed by atoms with Crippen LogP contribution in [0.15, 0.2) is 102 Å². The predicted octanol–water partition coefficient (Wildman–Crippen LogP) is 6.89. The maximum Gasteiger partial charge on any atom is 0.264 e. The van der Waals surface area contributed by atoms with Crippen LogP contribution in [0.25, 0.3) is 0 Å². The number of halogens is 3. The van der Waals surface area contributed by atoms with Crippen molar-refractivity contribution in [3.05, 3.63) is 124 Å². The summed E-state index contributed by atoms with van der Waals surface area (Å²) >= 11 is 12.5. The van der Waals surface area contributed by atoms with Crippen molar-refractivity contribution >= 4 is 50.7 Å². The second-order valence-electron chi connectivity index (χ2n) is 11.9. The molecule has 0 bridgehead atoms. The van der Waals surface area contributed by atoms with Gasteiger partial charge < -0.3 is 15.0 Å². The van der Waals surface area contributed by atoms with Gasteiger partial charge in [0.2, 0.25) is 11.8 Å². The Morgan fingerprint density at radius 3 is 2.09 bits per heavy atom. The zero-order valence-corrected chi connectivity index (χ0v) is 28.7. The minimum absolute atomic E-state index is 0.0591. The molecule has 0 aliphatic carbocycles. The van der Waals surface area contributed by atoms with Crippen LogP contribution in [0.2, 0.25) is 10.0 Å². The Morgan fingerprint density at radius 2 is 1.51 bits per heavy atom. The van der Waals surface area contributed by atoms with Gasteiger partial charge in [-0.3, -0.25) is 13.9 Å². The van der Waals surface area contributed by atoms with Crippen molar-refractivity contribution in [1.29, 1.82) is 0 Å². The molecule has 0 aromatic heterocycles. The van der Waals surface area contributed by atoms with E-state index in [0.29, 0.717) is 16.3 Å². The number of benzene rings is 4. The highest BCUT2D eigenvalue weighted by atomic mass is 35.5. The Bertz CT molecular complexity index is 1800. The lowest BCUT2D eigenvalue weighted by atomic mass is 10.0. The molecule has 0 fully saturated rings. The molecule has 47 heavy (non-hydrogen) atoms. The molecule has 1 N–H and O–H groups in total. The third-order valence-electron chi connectivity index (χ3n) is 7.15. The Labute approximate surface area is 285 Å². The van der Waals surface area contributed by atoms with E-state index in [0.717, 1.165) is 22.0 Å². The smallest absolute Gasteiger partial charge is 0.264 e. The first-order valence-electron chi connectivity index (χ1n) is 14.7. The van der Waals surface area contributed by atoms with Crippen LogP contribution in [0.1, 0.15) is 31.9 Å². The average molecular weight is 701 g/mol. The van der Waals surface area contributed by atoms with E-state index in [1.165, 1.54) is 48.4 Å². The van der Waals surface area contributed by atoms with Crippen molar-refractivity contribution in [1.82, 2.24) is 10.2 Å². The van der Waals surface area contributed by atoms with E-state index in [-0.39, 0.29) is 28.6 Å². The van der Waals surface area contributed by atoms with E-state index in [1.807, 2.05) is 51.1 Å². The molecule has 248 valence electrons. The molecule has 8 nitrogen and oxygen atoms in total. The van der Waals surface area contributed by atoms with Gasteiger partial charge >= 0.3 is 0 Å². The van der Waals surface area contributed by atoms with Crippen LogP contribution in [-0.2, 0) is 32.6 Å². The first-order valence-corrected chi connectivity index (χ1v) is 16.9. The van der Waals surface area contributed by atoms with Crippen LogP contribution in [0.4, 0.5) is 10.1 Å². The third kappa shape index (κ3) is 9.47. The number of hydrogen-bond acceptors (Lipinski definition) is 5. The Hall–Kier alpha value is -4.12. The standard InChI is InChI=1S/C35H36Cl2FN3O5S/c1-35(2,3)39-34(43)32(21-24-8-6-5-7-9-24)40(22-25-10-19-30(36)31(37)20-25)33(42)23-41(27-13-11-26(38)12-14-27)47(44,45)29-17-15-28(46-4)16-18-29/h5-20,32H,21-23H2,1-4H3,(H,39,43)/t32-/m0/s1. The third-order valence-corrected chi connectivity index (χ3v) is 9.67. The van der Waals surface area contributed by atoms with Crippen LogP contribution >= 0.6 is 23.2 Å². The van der Waals surface area contributed by atoms with Gasteiger partial charge in [0, 0.05) is 18.5 Å². The van der Waals surface area contributed by atoms with Crippen LogP contribution in [0.3, 0.4) is 0 Å².